The van der Waals surface area contributed by atoms with Crippen LogP contribution in [0, 0.1) is 5.82 Å². The number of nitrogens with zero attached hydrogens (tertiary/aromatic N) is 2. The van der Waals surface area contributed by atoms with E-state index in [0.717, 1.165) is 38.2 Å². The molecule has 0 unspecified atom stereocenters. The van der Waals surface area contributed by atoms with Gasteiger partial charge >= 0.3 is 5.97 Å². The highest BCUT2D eigenvalue weighted by atomic mass is 19.1. The molecular weight excluding hydrogens is 335 g/mol. The van der Waals surface area contributed by atoms with Crippen molar-refractivity contribution < 1.29 is 18.7 Å². The van der Waals surface area contributed by atoms with E-state index in [0.29, 0.717) is 23.9 Å². The first-order valence-electron chi connectivity index (χ1n) is 9.08. The van der Waals surface area contributed by atoms with E-state index >= 15 is 0 Å². The number of furan rings is 1. The monoisotopic (exact) mass is 360 g/mol. The smallest absolute Gasteiger partial charge is 0.317 e. The maximum atomic E-state index is 13.9. The first-order chi connectivity index (χ1) is 12.6. The fraction of sp³-hybridized carbons (Fsp3) is 0.450. The lowest BCUT2D eigenvalue weighted by Gasteiger charge is -2.37. The predicted molar refractivity (Wildman–Crippen MR) is 97.3 cm³/mol. The van der Waals surface area contributed by atoms with Crippen LogP contribution < -0.4 is 0 Å². The van der Waals surface area contributed by atoms with Gasteiger partial charge in [0.05, 0.1) is 18.7 Å². The van der Waals surface area contributed by atoms with Gasteiger partial charge in [-0.1, -0.05) is 19.1 Å². The van der Waals surface area contributed by atoms with Crippen molar-refractivity contribution in [1.29, 1.82) is 0 Å². The first-order valence-corrected chi connectivity index (χ1v) is 9.08. The zero-order valence-electron chi connectivity index (χ0n) is 15.0. The standard InChI is InChI=1S/C20H25FN2O3/c1-2-23(14-20(24)25)15-9-11-22(12-10-15)13-16-7-8-19(26-16)17-5-3-4-6-18(17)21/h3-8,15H,2,9-14H2,1H3,(H,24,25). The summed E-state index contributed by atoms with van der Waals surface area (Å²) in [6.07, 6.45) is 1.89. The molecule has 1 N–H and O–H groups in total. The molecule has 5 nitrogen and oxygen atoms in total. The molecule has 0 saturated carbocycles. The Balaban J connectivity index is 1.55. The summed E-state index contributed by atoms with van der Waals surface area (Å²) in [4.78, 5) is 15.3. The summed E-state index contributed by atoms with van der Waals surface area (Å²) in [5.74, 6) is 0.309. The quantitative estimate of drug-likeness (QED) is 0.819. The third-order valence-corrected chi connectivity index (χ3v) is 5.00. The molecular formula is C20H25FN2O3. The Morgan fingerprint density at radius 3 is 2.65 bits per heavy atom. The molecule has 2 heterocycles. The van der Waals surface area contributed by atoms with Gasteiger partial charge in [0.25, 0.3) is 0 Å². The second kappa shape index (κ2) is 8.47. The number of aliphatic carboxylic acids is 1. The number of halogens is 1. The van der Waals surface area contributed by atoms with Crippen LogP contribution in [0.15, 0.2) is 40.8 Å². The zero-order valence-corrected chi connectivity index (χ0v) is 15.0. The molecule has 0 radical (unpaired) electrons. The molecule has 1 aromatic heterocycles. The average molecular weight is 360 g/mol. The van der Waals surface area contributed by atoms with Gasteiger partial charge in [0.1, 0.15) is 17.3 Å². The molecule has 1 aliphatic heterocycles. The van der Waals surface area contributed by atoms with E-state index in [2.05, 4.69) is 4.90 Å². The highest BCUT2D eigenvalue weighted by Crippen LogP contribution is 2.26. The van der Waals surface area contributed by atoms with Crippen molar-refractivity contribution >= 4 is 5.97 Å². The topological polar surface area (TPSA) is 56.9 Å². The number of carbonyl (C=O) groups is 1. The van der Waals surface area contributed by atoms with E-state index in [1.165, 1.54) is 6.07 Å². The van der Waals surface area contributed by atoms with E-state index < -0.39 is 5.97 Å². The minimum absolute atomic E-state index is 0.103. The molecule has 0 bridgehead atoms. The van der Waals surface area contributed by atoms with Gasteiger partial charge in [0, 0.05) is 19.1 Å². The van der Waals surface area contributed by atoms with Crippen molar-refractivity contribution in [2.75, 3.05) is 26.2 Å². The van der Waals surface area contributed by atoms with Crippen LogP contribution in [0.4, 0.5) is 4.39 Å². The van der Waals surface area contributed by atoms with Gasteiger partial charge in [0.2, 0.25) is 0 Å². The van der Waals surface area contributed by atoms with E-state index in [-0.39, 0.29) is 12.4 Å². The molecule has 2 aromatic rings. The maximum absolute atomic E-state index is 13.9. The Bertz CT molecular complexity index is 738. The number of carboxylic acids is 1. The summed E-state index contributed by atoms with van der Waals surface area (Å²) in [5, 5.41) is 9.02. The van der Waals surface area contributed by atoms with Gasteiger partial charge in [-0.25, -0.2) is 4.39 Å². The Morgan fingerprint density at radius 2 is 2.00 bits per heavy atom. The number of carboxylic acid groups (broad SMARTS) is 1. The third kappa shape index (κ3) is 4.51. The molecule has 0 amide bonds. The number of likely N-dealkylation sites (N-methyl/N-ethyl adjacent to an activating group) is 1. The van der Waals surface area contributed by atoms with Crippen LogP contribution in [-0.2, 0) is 11.3 Å². The fourth-order valence-corrected chi connectivity index (χ4v) is 3.60. The molecule has 1 aromatic carbocycles. The van der Waals surface area contributed by atoms with Crippen LogP contribution >= 0.6 is 0 Å². The van der Waals surface area contributed by atoms with E-state index in [1.807, 2.05) is 24.0 Å². The van der Waals surface area contributed by atoms with E-state index in [9.17, 15) is 9.18 Å². The lowest BCUT2D eigenvalue weighted by atomic mass is 10.0. The summed E-state index contributed by atoms with van der Waals surface area (Å²) >= 11 is 0. The van der Waals surface area contributed by atoms with Crippen molar-refractivity contribution in [3.8, 4) is 11.3 Å². The number of benzene rings is 1. The van der Waals surface area contributed by atoms with Crippen LogP contribution in [0.1, 0.15) is 25.5 Å². The van der Waals surface area contributed by atoms with Crippen molar-refractivity contribution in [2.45, 2.75) is 32.4 Å². The number of rotatable bonds is 7. The average Bonchev–Trinajstić information content (AvgIpc) is 3.09. The molecule has 1 fully saturated rings. The van der Waals surface area contributed by atoms with Gasteiger partial charge < -0.3 is 9.52 Å². The Kier molecular flexibility index (Phi) is 6.06. The van der Waals surface area contributed by atoms with Gasteiger partial charge in [-0.05, 0) is 43.7 Å². The lowest BCUT2D eigenvalue weighted by molar-refractivity contribution is -0.139. The normalized spacial score (nSPS) is 16.3. The Morgan fingerprint density at radius 1 is 1.27 bits per heavy atom. The zero-order chi connectivity index (χ0) is 18.5. The van der Waals surface area contributed by atoms with Crippen molar-refractivity contribution in [3.63, 3.8) is 0 Å². The van der Waals surface area contributed by atoms with Gasteiger partial charge in [-0.15, -0.1) is 0 Å². The van der Waals surface area contributed by atoms with Gasteiger partial charge in [-0.2, -0.15) is 0 Å². The van der Waals surface area contributed by atoms with Crippen LogP contribution in [0.5, 0.6) is 0 Å². The molecule has 1 aliphatic rings. The SMILES string of the molecule is CCN(CC(=O)O)C1CCN(Cc2ccc(-c3ccccc3F)o2)CC1. The third-order valence-electron chi connectivity index (χ3n) is 5.00. The number of piperidine rings is 1. The molecule has 1 saturated heterocycles. The van der Waals surface area contributed by atoms with Crippen LogP contribution in [0.3, 0.4) is 0 Å². The summed E-state index contributed by atoms with van der Waals surface area (Å²) in [6.45, 7) is 5.34. The first kappa shape index (κ1) is 18.6. The van der Waals surface area contributed by atoms with Crippen molar-refractivity contribution in [2.24, 2.45) is 0 Å². The van der Waals surface area contributed by atoms with E-state index in [4.69, 9.17) is 9.52 Å². The molecule has 6 heteroatoms. The summed E-state index contributed by atoms with van der Waals surface area (Å²) in [5.41, 5.74) is 0.477. The van der Waals surface area contributed by atoms with Crippen molar-refractivity contribution in [1.82, 2.24) is 9.80 Å². The van der Waals surface area contributed by atoms with Crippen LogP contribution in [0.2, 0.25) is 0 Å². The number of likely N-dealkylation sites (tertiary alicyclic amines) is 1. The highest BCUT2D eigenvalue weighted by Gasteiger charge is 2.25. The van der Waals surface area contributed by atoms with Crippen molar-refractivity contribution in [3.05, 3.63) is 48.0 Å². The molecule has 0 aliphatic carbocycles. The lowest BCUT2D eigenvalue weighted by Crippen LogP contribution is -2.46. The summed E-state index contributed by atoms with van der Waals surface area (Å²) < 4.78 is 19.7. The number of hydrogen-bond donors (Lipinski definition) is 1. The summed E-state index contributed by atoms with van der Waals surface area (Å²) in [6, 6.07) is 10.6. The molecule has 0 spiro atoms. The largest absolute Gasteiger partial charge is 0.480 e. The minimum atomic E-state index is -0.773. The molecule has 0 atom stereocenters. The minimum Gasteiger partial charge on any atom is -0.480 e. The Hall–Kier alpha value is -2.18. The van der Waals surface area contributed by atoms with Gasteiger partial charge in [0.15, 0.2) is 0 Å². The fourth-order valence-electron chi connectivity index (χ4n) is 3.60. The van der Waals surface area contributed by atoms with Gasteiger partial charge in [-0.3, -0.25) is 14.6 Å². The highest BCUT2D eigenvalue weighted by molar-refractivity contribution is 5.69. The second-order valence-electron chi connectivity index (χ2n) is 6.71. The Labute approximate surface area is 153 Å². The molecule has 3 rings (SSSR count). The summed E-state index contributed by atoms with van der Waals surface area (Å²) in [7, 11) is 0. The van der Waals surface area contributed by atoms with Crippen LogP contribution in [0.25, 0.3) is 11.3 Å². The molecule has 26 heavy (non-hydrogen) atoms. The molecule has 140 valence electrons. The predicted octanol–water partition coefficient (Wildman–Crippen LogP) is 3.46. The van der Waals surface area contributed by atoms with Crippen LogP contribution in [-0.4, -0.2) is 53.1 Å². The second-order valence-corrected chi connectivity index (χ2v) is 6.71. The maximum Gasteiger partial charge on any atom is 0.317 e. The number of hydrogen-bond acceptors (Lipinski definition) is 4. The van der Waals surface area contributed by atoms with E-state index in [1.54, 1.807) is 18.2 Å².